The summed E-state index contributed by atoms with van der Waals surface area (Å²) < 4.78 is 0. The summed E-state index contributed by atoms with van der Waals surface area (Å²) in [6.45, 7) is 3.45. The van der Waals surface area contributed by atoms with Gasteiger partial charge in [0.25, 0.3) is 5.91 Å². The Hall–Kier alpha value is -0.940. The molecular formula is C10H14N2O2S. The average molecular weight is 226 g/mol. The van der Waals surface area contributed by atoms with Gasteiger partial charge in [-0.3, -0.25) is 4.79 Å². The molecule has 82 valence electrons. The molecule has 1 aliphatic rings. The summed E-state index contributed by atoms with van der Waals surface area (Å²) in [6, 6.07) is 0. The van der Waals surface area contributed by atoms with Crippen molar-refractivity contribution < 1.29 is 9.90 Å². The summed E-state index contributed by atoms with van der Waals surface area (Å²) >= 11 is 1.49. The highest BCUT2D eigenvalue weighted by molar-refractivity contribution is 7.09. The number of carbonyl (C=O) groups excluding carboxylic acids is 1. The van der Waals surface area contributed by atoms with Crippen LogP contribution in [0.4, 0.5) is 0 Å². The van der Waals surface area contributed by atoms with E-state index in [1.807, 2.05) is 6.92 Å². The molecule has 0 bridgehead atoms. The SMILES string of the molecule is Cc1nc(C(=O)N2CC[C@@H](CO)C2)cs1. The lowest BCUT2D eigenvalue weighted by Gasteiger charge is -2.14. The van der Waals surface area contributed by atoms with Crippen molar-refractivity contribution in [1.29, 1.82) is 0 Å². The highest BCUT2D eigenvalue weighted by Gasteiger charge is 2.27. The van der Waals surface area contributed by atoms with Gasteiger partial charge in [0.05, 0.1) is 5.01 Å². The molecule has 2 heterocycles. The topological polar surface area (TPSA) is 53.4 Å². The average Bonchev–Trinajstić information content (AvgIpc) is 2.84. The number of aliphatic hydroxyl groups is 1. The van der Waals surface area contributed by atoms with Crippen molar-refractivity contribution in [1.82, 2.24) is 9.88 Å². The Kier molecular flexibility index (Phi) is 3.02. The van der Waals surface area contributed by atoms with Gasteiger partial charge in [-0.05, 0) is 13.3 Å². The number of carbonyl (C=O) groups is 1. The molecule has 0 spiro atoms. The minimum Gasteiger partial charge on any atom is -0.396 e. The van der Waals surface area contributed by atoms with Crippen molar-refractivity contribution in [3.63, 3.8) is 0 Å². The fraction of sp³-hybridized carbons (Fsp3) is 0.600. The highest BCUT2D eigenvalue weighted by atomic mass is 32.1. The number of nitrogens with zero attached hydrogens (tertiary/aromatic N) is 2. The molecule has 15 heavy (non-hydrogen) atoms. The van der Waals surface area contributed by atoms with Crippen LogP contribution in [-0.4, -0.2) is 40.6 Å². The molecule has 0 aromatic carbocycles. The molecule has 0 saturated carbocycles. The normalized spacial score (nSPS) is 20.9. The lowest BCUT2D eigenvalue weighted by Crippen LogP contribution is -2.29. The van der Waals surface area contributed by atoms with Crippen LogP contribution in [0.2, 0.25) is 0 Å². The van der Waals surface area contributed by atoms with E-state index in [-0.39, 0.29) is 18.4 Å². The maximum absolute atomic E-state index is 11.9. The van der Waals surface area contributed by atoms with E-state index < -0.39 is 0 Å². The first kappa shape index (κ1) is 10.6. The molecule has 1 aromatic heterocycles. The van der Waals surface area contributed by atoms with Crippen LogP contribution in [0.15, 0.2) is 5.38 Å². The van der Waals surface area contributed by atoms with Crippen molar-refractivity contribution >= 4 is 17.2 Å². The Bertz CT molecular complexity index is 364. The largest absolute Gasteiger partial charge is 0.396 e. The molecule has 1 aliphatic heterocycles. The highest BCUT2D eigenvalue weighted by Crippen LogP contribution is 2.18. The molecule has 4 nitrogen and oxygen atoms in total. The number of thiazole rings is 1. The monoisotopic (exact) mass is 226 g/mol. The second-order valence-corrected chi connectivity index (χ2v) is 4.90. The molecule has 2 rings (SSSR count). The van der Waals surface area contributed by atoms with Crippen molar-refractivity contribution in [2.45, 2.75) is 13.3 Å². The summed E-state index contributed by atoms with van der Waals surface area (Å²) in [5, 5.41) is 11.7. The number of aryl methyl sites for hydroxylation is 1. The number of hydrogen-bond donors (Lipinski definition) is 1. The smallest absolute Gasteiger partial charge is 0.273 e. The Labute approximate surface area is 92.6 Å². The van der Waals surface area contributed by atoms with E-state index in [4.69, 9.17) is 5.11 Å². The third kappa shape index (κ3) is 2.18. The van der Waals surface area contributed by atoms with Crippen molar-refractivity contribution in [2.24, 2.45) is 5.92 Å². The van der Waals surface area contributed by atoms with Gasteiger partial charge in [0.15, 0.2) is 0 Å². The molecule has 1 saturated heterocycles. The molecule has 0 aliphatic carbocycles. The molecule has 5 heteroatoms. The van der Waals surface area contributed by atoms with Crippen molar-refractivity contribution in [2.75, 3.05) is 19.7 Å². The Morgan fingerprint density at radius 3 is 3.13 bits per heavy atom. The lowest BCUT2D eigenvalue weighted by molar-refractivity contribution is 0.0776. The molecule has 0 radical (unpaired) electrons. The number of hydrogen-bond acceptors (Lipinski definition) is 4. The second-order valence-electron chi connectivity index (χ2n) is 3.84. The fourth-order valence-electron chi connectivity index (χ4n) is 1.79. The number of aliphatic hydroxyl groups excluding tert-OH is 1. The zero-order valence-electron chi connectivity index (χ0n) is 8.64. The quantitative estimate of drug-likeness (QED) is 0.815. The number of aromatic nitrogens is 1. The Balaban J connectivity index is 2.03. The summed E-state index contributed by atoms with van der Waals surface area (Å²) in [6.07, 6.45) is 0.894. The minimum absolute atomic E-state index is 0.00435. The van der Waals surface area contributed by atoms with Gasteiger partial charge in [0.2, 0.25) is 0 Å². The van der Waals surface area contributed by atoms with Gasteiger partial charge in [-0.15, -0.1) is 11.3 Å². The van der Waals surface area contributed by atoms with E-state index in [1.54, 1.807) is 10.3 Å². The summed E-state index contributed by atoms with van der Waals surface area (Å²) in [5.41, 5.74) is 0.538. The maximum Gasteiger partial charge on any atom is 0.273 e. The zero-order chi connectivity index (χ0) is 10.8. The minimum atomic E-state index is -0.00435. The van der Waals surface area contributed by atoms with Gasteiger partial charge in [0, 0.05) is 31.0 Å². The van der Waals surface area contributed by atoms with Crippen LogP contribution in [0.5, 0.6) is 0 Å². The van der Waals surface area contributed by atoms with E-state index in [9.17, 15) is 4.79 Å². The zero-order valence-corrected chi connectivity index (χ0v) is 9.46. The number of rotatable bonds is 2. The van der Waals surface area contributed by atoms with E-state index in [1.165, 1.54) is 11.3 Å². The van der Waals surface area contributed by atoms with Crippen LogP contribution in [-0.2, 0) is 0 Å². The first-order valence-corrected chi connectivity index (χ1v) is 5.91. The number of amides is 1. The van der Waals surface area contributed by atoms with Crippen LogP contribution in [0.1, 0.15) is 21.9 Å². The molecule has 1 aromatic rings. The molecule has 0 unspecified atom stereocenters. The standard InChI is InChI=1S/C10H14N2O2S/c1-7-11-9(6-15-7)10(14)12-3-2-8(4-12)5-13/h6,8,13H,2-5H2,1H3/t8-/m1/s1. The predicted molar refractivity (Wildman–Crippen MR) is 57.9 cm³/mol. The van der Waals surface area contributed by atoms with Crippen LogP contribution in [0.3, 0.4) is 0 Å². The van der Waals surface area contributed by atoms with Crippen LogP contribution in [0.25, 0.3) is 0 Å². The molecule has 1 N–H and O–H groups in total. The van der Waals surface area contributed by atoms with E-state index in [2.05, 4.69) is 4.98 Å². The van der Waals surface area contributed by atoms with E-state index in [0.717, 1.165) is 18.0 Å². The second kappa shape index (κ2) is 4.28. The Morgan fingerprint density at radius 2 is 2.60 bits per heavy atom. The van der Waals surface area contributed by atoms with Gasteiger partial charge in [-0.25, -0.2) is 4.98 Å². The van der Waals surface area contributed by atoms with Crippen LogP contribution < -0.4 is 0 Å². The first-order chi connectivity index (χ1) is 7.20. The van der Waals surface area contributed by atoms with Gasteiger partial charge >= 0.3 is 0 Å². The van der Waals surface area contributed by atoms with Crippen molar-refractivity contribution in [3.8, 4) is 0 Å². The fourth-order valence-corrected chi connectivity index (χ4v) is 2.38. The summed E-state index contributed by atoms with van der Waals surface area (Å²) in [7, 11) is 0. The Morgan fingerprint density at radius 1 is 1.80 bits per heavy atom. The van der Waals surface area contributed by atoms with Crippen LogP contribution >= 0.6 is 11.3 Å². The van der Waals surface area contributed by atoms with Crippen LogP contribution in [0, 0.1) is 12.8 Å². The maximum atomic E-state index is 11.9. The predicted octanol–water partition coefficient (Wildman–Crippen LogP) is 0.906. The molecule has 1 amide bonds. The van der Waals surface area contributed by atoms with Gasteiger partial charge < -0.3 is 10.0 Å². The van der Waals surface area contributed by atoms with Gasteiger partial charge in [-0.2, -0.15) is 0 Å². The third-order valence-corrected chi connectivity index (χ3v) is 3.44. The van der Waals surface area contributed by atoms with E-state index in [0.29, 0.717) is 12.2 Å². The number of likely N-dealkylation sites (tertiary alicyclic amines) is 1. The van der Waals surface area contributed by atoms with Gasteiger partial charge in [0.1, 0.15) is 5.69 Å². The summed E-state index contributed by atoms with van der Waals surface area (Å²) in [4.78, 5) is 17.9. The summed E-state index contributed by atoms with van der Waals surface area (Å²) in [5.74, 6) is 0.240. The third-order valence-electron chi connectivity index (χ3n) is 2.67. The lowest BCUT2D eigenvalue weighted by atomic mass is 10.1. The first-order valence-electron chi connectivity index (χ1n) is 5.03. The molecular weight excluding hydrogens is 212 g/mol. The van der Waals surface area contributed by atoms with Crippen molar-refractivity contribution in [3.05, 3.63) is 16.1 Å². The van der Waals surface area contributed by atoms with Gasteiger partial charge in [-0.1, -0.05) is 0 Å². The van der Waals surface area contributed by atoms with E-state index >= 15 is 0 Å². The molecule has 1 atom stereocenters. The molecule has 1 fully saturated rings.